The molecule has 1 N–H and O–H groups in total. The van der Waals surface area contributed by atoms with Gasteiger partial charge in [0.1, 0.15) is 11.5 Å². The van der Waals surface area contributed by atoms with Crippen LogP contribution in [0.4, 0.5) is 11.4 Å². The average Bonchev–Trinajstić information content (AvgIpc) is 3.10. The number of anilines is 2. The van der Waals surface area contributed by atoms with Crippen molar-refractivity contribution in [2.45, 2.75) is 19.9 Å². The number of ketones is 1. The van der Waals surface area contributed by atoms with Crippen molar-refractivity contribution in [2.24, 2.45) is 0 Å². The molecule has 6 nitrogen and oxygen atoms in total. The van der Waals surface area contributed by atoms with Crippen molar-refractivity contribution in [2.75, 3.05) is 30.5 Å². The van der Waals surface area contributed by atoms with E-state index in [1.165, 1.54) is 4.90 Å². The molecule has 0 spiro atoms. The number of carbonyl (C=O) groups excluding carboxylic acids is 2. The summed E-state index contributed by atoms with van der Waals surface area (Å²) in [6.07, 6.45) is 0. The number of halogens is 1. The van der Waals surface area contributed by atoms with Crippen LogP contribution in [0.1, 0.15) is 29.7 Å². The highest BCUT2D eigenvalue weighted by molar-refractivity contribution is 6.51. The number of benzene rings is 3. The van der Waals surface area contributed by atoms with Crippen LogP contribution in [0.15, 0.2) is 72.3 Å². The Balaban J connectivity index is 1.91. The zero-order valence-electron chi connectivity index (χ0n) is 20.1. The molecule has 7 heteroatoms. The number of nitrogens with zero attached hydrogens (tertiary/aromatic N) is 2. The van der Waals surface area contributed by atoms with Crippen LogP contribution >= 0.6 is 11.6 Å². The first-order chi connectivity index (χ1) is 16.7. The molecule has 4 rings (SSSR count). The van der Waals surface area contributed by atoms with E-state index in [4.69, 9.17) is 16.3 Å². The number of hydrogen-bond donors (Lipinski definition) is 1. The van der Waals surface area contributed by atoms with Crippen molar-refractivity contribution < 1.29 is 19.4 Å². The van der Waals surface area contributed by atoms with Crippen LogP contribution in [0.2, 0.25) is 5.02 Å². The highest BCUT2D eigenvalue weighted by Crippen LogP contribution is 2.43. The van der Waals surface area contributed by atoms with Gasteiger partial charge in [0.2, 0.25) is 0 Å². The second kappa shape index (κ2) is 9.84. The molecule has 0 bridgehead atoms. The lowest BCUT2D eigenvalue weighted by Gasteiger charge is -2.26. The first-order valence-electron chi connectivity index (χ1n) is 11.3. The van der Waals surface area contributed by atoms with Crippen molar-refractivity contribution >= 4 is 40.4 Å². The van der Waals surface area contributed by atoms with Gasteiger partial charge in [0, 0.05) is 31.0 Å². The highest BCUT2D eigenvalue weighted by Gasteiger charge is 2.47. The smallest absolute Gasteiger partial charge is 0.300 e. The average molecular weight is 491 g/mol. The first-order valence-corrected chi connectivity index (χ1v) is 11.7. The Kier molecular flexibility index (Phi) is 6.85. The summed E-state index contributed by atoms with van der Waals surface area (Å²) in [4.78, 5) is 30.1. The van der Waals surface area contributed by atoms with Gasteiger partial charge in [-0.3, -0.25) is 14.5 Å². The summed E-state index contributed by atoms with van der Waals surface area (Å²) in [5.74, 6) is -1.34. The fourth-order valence-electron chi connectivity index (χ4n) is 4.24. The lowest BCUT2D eigenvalue weighted by molar-refractivity contribution is -0.132. The van der Waals surface area contributed by atoms with Gasteiger partial charge in [0.15, 0.2) is 0 Å². The van der Waals surface area contributed by atoms with Gasteiger partial charge in [-0.1, -0.05) is 41.4 Å². The van der Waals surface area contributed by atoms with E-state index in [1.807, 2.05) is 69.2 Å². The second-order valence-electron chi connectivity index (χ2n) is 8.57. The Labute approximate surface area is 210 Å². The molecule has 1 saturated heterocycles. The summed E-state index contributed by atoms with van der Waals surface area (Å²) in [7, 11) is 3.85. The molecular weight excluding hydrogens is 464 g/mol. The number of amides is 1. The number of aliphatic hydroxyl groups excluding tert-OH is 1. The Morgan fingerprint density at radius 2 is 1.77 bits per heavy atom. The predicted octanol–water partition coefficient (Wildman–Crippen LogP) is 5.74. The number of rotatable bonds is 6. The maximum atomic E-state index is 13.4. The van der Waals surface area contributed by atoms with E-state index in [0.717, 1.165) is 16.8 Å². The Morgan fingerprint density at radius 1 is 1.06 bits per heavy atom. The van der Waals surface area contributed by atoms with E-state index in [0.29, 0.717) is 28.6 Å². The molecule has 180 valence electrons. The molecule has 3 aromatic rings. The summed E-state index contributed by atoms with van der Waals surface area (Å²) in [5.41, 5.74) is 3.58. The monoisotopic (exact) mass is 490 g/mol. The van der Waals surface area contributed by atoms with Crippen LogP contribution in [0, 0.1) is 6.92 Å². The molecule has 1 atom stereocenters. The summed E-state index contributed by atoms with van der Waals surface area (Å²) in [5, 5.41) is 11.7. The maximum Gasteiger partial charge on any atom is 0.300 e. The van der Waals surface area contributed by atoms with Crippen LogP contribution in [0.5, 0.6) is 5.75 Å². The third-order valence-corrected chi connectivity index (χ3v) is 6.26. The fraction of sp³-hybridized carbons (Fsp3) is 0.214. The zero-order valence-corrected chi connectivity index (χ0v) is 20.8. The predicted molar refractivity (Wildman–Crippen MR) is 139 cm³/mol. The molecule has 3 aromatic carbocycles. The van der Waals surface area contributed by atoms with Gasteiger partial charge >= 0.3 is 0 Å². The molecule has 0 radical (unpaired) electrons. The molecule has 0 aromatic heterocycles. The van der Waals surface area contributed by atoms with Crippen LogP contribution < -0.4 is 14.5 Å². The molecule has 1 aliphatic heterocycles. The second-order valence-corrected chi connectivity index (χ2v) is 8.98. The van der Waals surface area contributed by atoms with Crippen molar-refractivity contribution in [3.63, 3.8) is 0 Å². The highest BCUT2D eigenvalue weighted by atomic mass is 35.5. The third-order valence-electron chi connectivity index (χ3n) is 5.95. The topological polar surface area (TPSA) is 70.1 Å². The summed E-state index contributed by atoms with van der Waals surface area (Å²) in [6, 6.07) is 18.9. The molecule has 1 fully saturated rings. The molecule has 1 aliphatic rings. The van der Waals surface area contributed by atoms with Crippen LogP contribution in [0.3, 0.4) is 0 Å². The number of Topliss-reactive ketones (excluding diaryl/α,β-unsaturated/α-hetero) is 1. The number of hydrogen-bond acceptors (Lipinski definition) is 5. The van der Waals surface area contributed by atoms with Crippen LogP contribution in [-0.4, -0.2) is 37.5 Å². The van der Waals surface area contributed by atoms with E-state index in [9.17, 15) is 14.7 Å². The van der Waals surface area contributed by atoms with E-state index in [1.54, 1.807) is 30.3 Å². The van der Waals surface area contributed by atoms with Gasteiger partial charge in [-0.05, 0) is 61.9 Å². The van der Waals surface area contributed by atoms with Gasteiger partial charge < -0.3 is 14.7 Å². The number of ether oxygens (including phenoxy) is 1. The molecule has 35 heavy (non-hydrogen) atoms. The van der Waals surface area contributed by atoms with Crippen molar-refractivity contribution in [1.82, 2.24) is 0 Å². The Morgan fingerprint density at radius 3 is 2.40 bits per heavy atom. The number of aliphatic hydroxyl groups is 1. The molecule has 0 aliphatic carbocycles. The van der Waals surface area contributed by atoms with Gasteiger partial charge in [-0.25, -0.2) is 0 Å². The third kappa shape index (κ3) is 4.62. The SMILES string of the molecule is CCOc1cc(/C(O)=C2/C(=O)C(=O)N(c3ccc(N(C)C)cc3)C2c2cccc(C)c2)ccc1Cl. The van der Waals surface area contributed by atoms with E-state index < -0.39 is 17.7 Å². The molecule has 1 amide bonds. The van der Waals surface area contributed by atoms with E-state index in [-0.39, 0.29) is 11.3 Å². The molecule has 1 unspecified atom stereocenters. The summed E-state index contributed by atoms with van der Waals surface area (Å²) < 4.78 is 5.55. The largest absolute Gasteiger partial charge is 0.507 e. The van der Waals surface area contributed by atoms with E-state index >= 15 is 0 Å². The van der Waals surface area contributed by atoms with Crippen molar-refractivity contribution in [3.05, 3.63) is 94.0 Å². The lowest BCUT2D eigenvalue weighted by atomic mass is 9.94. The Bertz CT molecular complexity index is 1310. The minimum absolute atomic E-state index is 0.0158. The maximum absolute atomic E-state index is 13.4. The zero-order chi connectivity index (χ0) is 25.3. The fourth-order valence-corrected chi connectivity index (χ4v) is 4.41. The van der Waals surface area contributed by atoms with Crippen LogP contribution in [-0.2, 0) is 9.59 Å². The van der Waals surface area contributed by atoms with E-state index in [2.05, 4.69) is 0 Å². The Hall–Kier alpha value is -3.77. The molecular formula is C28H27ClN2O4. The van der Waals surface area contributed by atoms with Gasteiger partial charge in [0.25, 0.3) is 11.7 Å². The van der Waals surface area contributed by atoms with Crippen molar-refractivity contribution in [1.29, 1.82) is 0 Å². The standard InChI is InChI=1S/C28H27ClN2O4/c1-5-35-23-16-19(9-14-22(23)29)26(32)24-25(18-8-6-7-17(2)15-18)31(28(34)27(24)33)21-12-10-20(11-13-21)30(3)4/h6-16,25,32H,5H2,1-4H3/b26-24-. The van der Waals surface area contributed by atoms with Crippen LogP contribution in [0.25, 0.3) is 5.76 Å². The normalized spacial score (nSPS) is 17.1. The minimum Gasteiger partial charge on any atom is -0.507 e. The lowest BCUT2D eigenvalue weighted by Crippen LogP contribution is -2.29. The molecule has 0 saturated carbocycles. The van der Waals surface area contributed by atoms with Gasteiger partial charge in [-0.15, -0.1) is 0 Å². The summed E-state index contributed by atoms with van der Waals surface area (Å²) >= 11 is 6.22. The minimum atomic E-state index is -0.800. The van der Waals surface area contributed by atoms with Gasteiger partial charge in [-0.2, -0.15) is 0 Å². The quantitative estimate of drug-likeness (QED) is 0.271. The number of carbonyl (C=O) groups is 2. The molecule has 1 heterocycles. The first kappa shape index (κ1) is 24.4. The summed E-state index contributed by atoms with van der Waals surface area (Å²) in [6.45, 7) is 4.16. The van der Waals surface area contributed by atoms with Gasteiger partial charge in [0.05, 0.1) is 23.2 Å². The van der Waals surface area contributed by atoms with Crippen molar-refractivity contribution in [3.8, 4) is 5.75 Å². The number of aryl methyl sites for hydroxylation is 1.